The van der Waals surface area contributed by atoms with E-state index in [9.17, 15) is 4.79 Å². The van der Waals surface area contributed by atoms with Crippen molar-refractivity contribution in [3.05, 3.63) is 59.0 Å². The molecule has 3 aliphatic rings. The fraction of sp³-hybridized carbons (Fsp3) is 0.560. The molecule has 1 saturated carbocycles. The summed E-state index contributed by atoms with van der Waals surface area (Å²) in [7, 11) is 0. The van der Waals surface area contributed by atoms with Gasteiger partial charge < -0.3 is 9.73 Å². The van der Waals surface area contributed by atoms with Gasteiger partial charge in [0.1, 0.15) is 11.5 Å². The van der Waals surface area contributed by atoms with E-state index in [2.05, 4.69) is 40.5 Å². The van der Waals surface area contributed by atoms with E-state index in [1.807, 2.05) is 13.0 Å². The van der Waals surface area contributed by atoms with Gasteiger partial charge in [0.2, 0.25) is 5.91 Å². The zero-order chi connectivity index (χ0) is 19.8. The van der Waals surface area contributed by atoms with Gasteiger partial charge in [-0.15, -0.1) is 0 Å². The van der Waals surface area contributed by atoms with Crippen LogP contribution in [0.4, 0.5) is 0 Å². The van der Waals surface area contributed by atoms with Crippen LogP contribution in [0.5, 0.6) is 0 Å². The summed E-state index contributed by atoms with van der Waals surface area (Å²) >= 11 is 0. The van der Waals surface area contributed by atoms with Gasteiger partial charge in [-0.1, -0.05) is 24.3 Å². The molecule has 0 radical (unpaired) electrons. The van der Waals surface area contributed by atoms with Crippen molar-refractivity contribution >= 4 is 5.91 Å². The van der Waals surface area contributed by atoms with E-state index in [1.54, 1.807) is 0 Å². The second kappa shape index (κ2) is 7.64. The first-order chi connectivity index (χ1) is 14.1. The largest absolute Gasteiger partial charge is 0.465 e. The maximum absolute atomic E-state index is 12.5. The lowest BCUT2D eigenvalue weighted by molar-refractivity contribution is -0.121. The highest BCUT2D eigenvalue weighted by molar-refractivity contribution is 5.77. The van der Waals surface area contributed by atoms with Crippen molar-refractivity contribution in [3.63, 3.8) is 0 Å². The van der Waals surface area contributed by atoms with Gasteiger partial charge in [-0.2, -0.15) is 0 Å². The summed E-state index contributed by atoms with van der Waals surface area (Å²) in [4.78, 5) is 15.1. The maximum Gasteiger partial charge on any atom is 0.220 e. The van der Waals surface area contributed by atoms with Crippen molar-refractivity contribution in [2.75, 3.05) is 19.6 Å². The third-order valence-corrected chi connectivity index (χ3v) is 7.31. The van der Waals surface area contributed by atoms with E-state index in [1.165, 1.54) is 36.8 Å². The van der Waals surface area contributed by atoms with E-state index in [-0.39, 0.29) is 11.3 Å². The quantitative estimate of drug-likeness (QED) is 0.786. The van der Waals surface area contributed by atoms with Gasteiger partial charge in [0.05, 0.1) is 6.54 Å². The first-order valence-corrected chi connectivity index (χ1v) is 11.3. The number of hydrogen-bond acceptors (Lipinski definition) is 3. The Bertz CT molecular complexity index is 874. The van der Waals surface area contributed by atoms with Gasteiger partial charge in [0.15, 0.2) is 0 Å². The molecular formula is C25H32N2O2. The lowest BCUT2D eigenvalue weighted by Gasteiger charge is -2.40. The Morgan fingerprint density at radius 3 is 2.69 bits per heavy atom. The Morgan fingerprint density at radius 1 is 1.17 bits per heavy atom. The molecule has 1 saturated heterocycles. The van der Waals surface area contributed by atoms with Gasteiger partial charge in [-0.05, 0) is 92.6 Å². The average Bonchev–Trinajstić information content (AvgIpc) is 3.41. The van der Waals surface area contributed by atoms with Crippen LogP contribution in [0.15, 0.2) is 40.8 Å². The number of hydrogen-bond donors (Lipinski definition) is 1. The highest BCUT2D eigenvalue weighted by atomic mass is 16.3. The van der Waals surface area contributed by atoms with Crippen LogP contribution in [0.1, 0.15) is 67.1 Å². The molecule has 4 nitrogen and oxygen atoms in total. The Morgan fingerprint density at radius 2 is 1.97 bits per heavy atom. The highest BCUT2D eigenvalue weighted by Crippen LogP contribution is 2.52. The van der Waals surface area contributed by atoms with Crippen molar-refractivity contribution in [2.24, 2.45) is 5.92 Å². The first-order valence-electron chi connectivity index (χ1n) is 11.3. The number of benzene rings is 1. The second-order valence-electron chi connectivity index (χ2n) is 9.51. The topological polar surface area (TPSA) is 45.5 Å². The number of likely N-dealkylation sites (tertiary alicyclic amines) is 1. The number of nitrogens with zero attached hydrogens (tertiary/aromatic N) is 1. The minimum atomic E-state index is 0.236. The Hall–Kier alpha value is -2.07. The molecule has 29 heavy (non-hydrogen) atoms. The molecule has 2 heterocycles. The number of furan rings is 1. The minimum Gasteiger partial charge on any atom is -0.465 e. The third kappa shape index (κ3) is 4.00. The number of rotatable bonds is 6. The molecule has 0 bridgehead atoms. The summed E-state index contributed by atoms with van der Waals surface area (Å²) in [6.45, 7) is 5.96. The molecule has 4 heteroatoms. The smallest absolute Gasteiger partial charge is 0.220 e. The summed E-state index contributed by atoms with van der Waals surface area (Å²) in [6.07, 6.45) is 6.67. The standard InChI is InChI=1S/C25H32N2O2/c1-18-6-9-21(29-18)17-27-12-10-25(11-13-27)15-20(22-4-2-3-5-23(22)25)14-24(28)26-16-19-7-8-19/h2-6,9,19-20H,7-8,10-17H2,1H3,(H,26,28). The molecule has 1 atom stereocenters. The van der Waals surface area contributed by atoms with Gasteiger partial charge in [-0.3, -0.25) is 9.69 Å². The SMILES string of the molecule is Cc1ccc(CN2CCC3(CC2)CC(CC(=O)NCC2CC2)c2ccccc23)o1. The van der Waals surface area contributed by atoms with E-state index in [4.69, 9.17) is 4.42 Å². The Labute approximate surface area is 173 Å². The number of carbonyl (C=O) groups excluding carboxylic acids is 1. The van der Waals surface area contributed by atoms with Gasteiger partial charge in [-0.25, -0.2) is 0 Å². The van der Waals surface area contributed by atoms with Crippen LogP contribution in [-0.4, -0.2) is 30.4 Å². The molecule has 1 aromatic carbocycles. The first kappa shape index (κ1) is 18.9. The normalized spacial score (nSPS) is 23.3. The zero-order valence-corrected chi connectivity index (χ0v) is 17.5. The number of aryl methyl sites for hydroxylation is 1. The molecule has 2 aliphatic carbocycles. The van der Waals surface area contributed by atoms with E-state index in [0.29, 0.717) is 12.3 Å². The number of piperidine rings is 1. The predicted molar refractivity (Wildman–Crippen MR) is 114 cm³/mol. The molecule has 1 amide bonds. The van der Waals surface area contributed by atoms with Crippen molar-refractivity contribution < 1.29 is 9.21 Å². The van der Waals surface area contributed by atoms with E-state index < -0.39 is 0 Å². The molecule has 1 N–H and O–H groups in total. The number of carbonyl (C=O) groups is 1. The van der Waals surface area contributed by atoms with Gasteiger partial charge in [0, 0.05) is 13.0 Å². The molecule has 1 aromatic heterocycles. The molecule has 2 aromatic rings. The maximum atomic E-state index is 12.5. The summed E-state index contributed by atoms with van der Waals surface area (Å²) in [6, 6.07) is 13.0. The van der Waals surface area contributed by atoms with Crippen LogP contribution < -0.4 is 5.32 Å². The van der Waals surface area contributed by atoms with E-state index >= 15 is 0 Å². The minimum absolute atomic E-state index is 0.236. The summed E-state index contributed by atoms with van der Waals surface area (Å²) in [5, 5.41) is 3.17. The van der Waals surface area contributed by atoms with Gasteiger partial charge in [0.25, 0.3) is 0 Å². The zero-order valence-electron chi connectivity index (χ0n) is 17.5. The van der Waals surface area contributed by atoms with Crippen LogP contribution >= 0.6 is 0 Å². The number of nitrogens with one attached hydrogen (secondary N) is 1. The molecule has 1 unspecified atom stereocenters. The lowest BCUT2D eigenvalue weighted by Crippen LogP contribution is -2.41. The molecule has 2 fully saturated rings. The Balaban J connectivity index is 1.25. The molecule has 5 rings (SSSR count). The lowest BCUT2D eigenvalue weighted by atomic mass is 9.73. The summed E-state index contributed by atoms with van der Waals surface area (Å²) in [5.74, 6) is 3.39. The average molecular weight is 393 g/mol. The van der Waals surface area contributed by atoms with Crippen molar-refractivity contribution in [1.82, 2.24) is 10.2 Å². The van der Waals surface area contributed by atoms with E-state index in [0.717, 1.165) is 50.0 Å². The van der Waals surface area contributed by atoms with Crippen LogP contribution in [0, 0.1) is 12.8 Å². The van der Waals surface area contributed by atoms with Crippen LogP contribution in [0.2, 0.25) is 0 Å². The fourth-order valence-electron chi connectivity index (χ4n) is 5.49. The van der Waals surface area contributed by atoms with Crippen LogP contribution in [0.25, 0.3) is 0 Å². The monoisotopic (exact) mass is 392 g/mol. The molecule has 1 spiro atoms. The highest BCUT2D eigenvalue weighted by Gasteiger charge is 2.45. The Kier molecular flexibility index (Phi) is 4.99. The number of fused-ring (bicyclic) bond motifs is 2. The third-order valence-electron chi connectivity index (χ3n) is 7.31. The number of amides is 1. The predicted octanol–water partition coefficient (Wildman–Crippen LogP) is 4.53. The van der Waals surface area contributed by atoms with Crippen molar-refractivity contribution in [3.8, 4) is 0 Å². The van der Waals surface area contributed by atoms with Gasteiger partial charge >= 0.3 is 0 Å². The van der Waals surface area contributed by atoms with Crippen molar-refractivity contribution in [2.45, 2.75) is 63.3 Å². The second-order valence-corrected chi connectivity index (χ2v) is 9.51. The van der Waals surface area contributed by atoms with Crippen LogP contribution in [0.3, 0.4) is 0 Å². The molecular weight excluding hydrogens is 360 g/mol. The summed E-state index contributed by atoms with van der Waals surface area (Å²) < 4.78 is 5.78. The van der Waals surface area contributed by atoms with Crippen LogP contribution in [-0.2, 0) is 16.8 Å². The molecule has 1 aliphatic heterocycles. The fourth-order valence-corrected chi connectivity index (χ4v) is 5.49. The molecule has 154 valence electrons. The van der Waals surface area contributed by atoms with Crippen molar-refractivity contribution in [1.29, 1.82) is 0 Å². The summed E-state index contributed by atoms with van der Waals surface area (Å²) in [5.41, 5.74) is 3.17.